The molecule has 1 aromatic heterocycles. The van der Waals surface area contributed by atoms with E-state index in [0.29, 0.717) is 0 Å². The Morgan fingerprint density at radius 1 is 1.19 bits per heavy atom. The molecule has 0 aliphatic rings. The van der Waals surface area contributed by atoms with E-state index < -0.39 is 40.9 Å². The molecule has 0 spiro atoms. The zero-order valence-electron chi connectivity index (χ0n) is 15.9. The molecule has 1 heterocycles. The van der Waals surface area contributed by atoms with Gasteiger partial charge in [-0.3, -0.25) is 4.79 Å². The normalized spacial score (nSPS) is 12.1. The van der Waals surface area contributed by atoms with Gasteiger partial charge in [-0.2, -0.15) is 13.2 Å². The number of amides is 1. The number of nitrogens with one attached hydrogen (secondary N) is 1. The van der Waals surface area contributed by atoms with Gasteiger partial charge in [0.2, 0.25) is 5.88 Å². The summed E-state index contributed by atoms with van der Waals surface area (Å²) in [6, 6.07) is 0. The summed E-state index contributed by atoms with van der Waals surface area (Å²) in [6.07, 6.45) is -5.05. The van der Waals surface area contributed by atoms with Crippen LogP contribution < -0.4 is 10.1 Å². The number of hydrogen-bond acceptors (Lipinski definition) is 6. The Bertz CT molecular complexity index is 725. The van der Waals surface area contributed by atoms with Crippen LogP contribution in [-0.4, -0.2) is 41.9 Å². The van der Waals surface area contributed by atoms with Crippen LogP contribution in [0.4, 0.5) is 13.2 Å². The maximum atomic E-state index is 13.6. The first kappa shape index (κ1) is 22.7. The molecular weight excluding hydrogens is 369 g/mol. The van der Waals surface area contributed by atoms with Gasteiger partial charge in [0.15, 0.2) is 5.69 Å². The molecule has 7 nitrogen and oxygen atoms in total. The molecule has 0 aliphatic carbocycles. The Labute approximate surface area is 154 Å². The topological polar surface area (TPSA) is 97.8 Å². The summed E-state index contributed by atoms with van der Waals surface area (Å²) in [4.78, 5) is 28.2. The number of ether oxygens (including phenoxy) is 2. The number of nitrogens with zero attached hydrogens (tertiary/aromatic N) is 1. The zero-order valence-corrected chi connectivity index (χ0v) is 15.9. The Morgan fingerprint density at radius 2 is 1.74 bits per heavy atom. The molecule has 0 bridgehead atoms. The molecular formula is C17H23F3N2O5. The number of hydrogen-bond donors (Lipinski definition) is 2. The van der Waals surface area contributed by atoms with Crippen LogP contribution in [0.1, 0.15) is 59.7 Å². The third kappa shape index (κ3) is 5.56. The van der Waals surface area contributed by atoms with Crippen LogP contribution in [0.5, 0.6) is 5.88 Å². The highest BCUT2D eigenvalue weighted by molar-refractivity contribution is 6.02. The Balaban J connectivity index is 3.96. The van der Waals surface area contributed by atoms with Crippen molar-refractivity contribution < 1.29 is 37.3 Å². The van der Waals surface area contributed by atoms with Crippen LogP contribution >= 0.6 is 0 Å². The summed E-state index contributed by atoms with van der Waals surface area (Å²) in [7, 11) is 2.11. The molecule has 0 radical (unpaired) electrons. The Morgan fingerprint density at radius 3 is 2.11 bits per heavy atom. The number of rotatable bonds is 6. The van der Waals surface area contributed by atoms with Gasteiger partial charge in [-0.25, -0.2) is 9.78 Å². The van der Waals surface area contributed by atoms with Crippen molar-refractivity contribution in [1.29, 1.82) is 0 Å². The van der Waals surface area contributed by atoms with Crippen LogP contribution in [0.15, 0.2) is 0 Å². The highest BCUT2D eigenvalue weighted by atomic mass is 19.4. The van der Waals surface area contributed by atoms with Crippen LogP contribution in [0, 0.1) is 5.92 Å². The first-order chi connectivity index (χ1) is 12.2. The highest BCUT2D eigenvalue weighted by Gasteiger charge is 2.42. The summed E-state index contributed by atoms with van der Waals surface area (Å²) in [5.74, 6) is -3.01. The van der Waals surface area contributed by atoms with Crippen molar-refractivity contribution in [1.82, 2.24) is 10.3 Å². The molecule has 1 aromatic rings. The van der Waals surface area contributed by atoms with Crippen molar-refractivity contribution >= 4 is 11.9 Å². The van der Waals surface area contributed by atoms with Gasteiger partial charge >= 0.3 is 12.1 Å². The minimum absolute atomic E-state index is 0.0546. The van der Waals surface area contributed by atoms with Crippen LogP contribution in [-0.2, 0) is 17.3 Å². The van der Waals surface area contributed by atoms with E-state index in [9.17, 15) is 27.9 Å². The largest absolute Gasteiger partial charge is 0.480 e. The molecule has 0 aliphatic heterocycles. The average molecular weight is 392 g/mol. The summed E-state index contributed by atoms with van der Waals surface area (Å²) in [6.45, 7) is 5.80. The lowest BCUT2D eigenvalue weighted by Crippen LogP contribution is -2.44. The maximum Gasteiger partial charge on any atom is 0.434 e. The fourth-order valence-corrected chi connectivity index (χ4v) is 2.47. The first-order valence-corrected chi connectivity index (χ1v) is 8.04. The molecule has 0 fully saturated rings. The summed E-state index contributed by atoms with van der Waals surface area (Å²) >= 11 is 0. The van der Waals surface area contributed by atoms with Crippen molar-refractivity contribution in [2.75, 3.05) is 14.2 Å². The quantitative estimate of drug-likeness (QED) is 0.570. The fourth-order valence-electron chi connectivity index (χ4n) is 2.47. The van der Waals surface area contributed by atoms with Crippen LogP contribution in [0.25, 0.3) is 0 Å². The van der Waals surface area contributed by atoms with Crippen LogP contribution in [0.3, 0.4) is 0 Å². The summed E-state index contributed by atoms with van der Waals surface area (Å²) in [5.41, 5.74) is -4.72. The molecule has 10 heteroatoms. The van der Waals surface area contributed by atoms with Gasteiger partial charge in [0.1, 0.15) is 11.3 Å². The van der Waals surface area contributed by atoms with E-state index in [0.717, 1.165) is 14.2 Å². The Kier molecular flexibility index (Phi) is 6.82. The van der Waals surface area contributed by atoms with E-state index in [-0.39, 0.29) is 23.5 Å². The summed E-state index contributed by atoms with van der Waals surface area (Å²) in [5, 5.41) is 11.9. The average Bonchev–Trinajstić information content (AvgIpc) is 2.49. The molecule has 0 saturated heterocycles. The molecule has 2 N–H and O–H groups in total. The SMILES string of the molecule is COC(=O)c1c(OC)nc(C(F)(F)F)c(C(=O)NC(C)(C)O)c1CC(C)C. The van der Waals surface area contributed by atoms with Gasteiger partial charge in [-0.15, -0.1) is 0 Å². The lowest BCUT2D eigenvalue weighted by molar-refractivity contribution is -0.141. The number of methoxy groups -OCH3 is 2. The van der Waals surface area contributed by atoms with E-state index in [1.165, 1.54) is 13.8 Å². The second-order valence-electron chi connectivity index (χ2n) is 6.80. The molecule has 0 atom stereocenters. The highest BCUT2D eigenvalue weighted by Crippen LogP contribution is 2.37. The molecule has 0 saturated carbocycles. The third-order valence-electron chi connectivity index (χ3n) is 3.38. The molecule has 27 heavy (non-hydrogen) atoms. The smallest absolute Gasteiger partial charge is 0.434 e. The second kappa shape index (κ2) is 8.12. The predicted molar refractivity (Wildman–Crippen MR) is 89.4 cm³/mol. The number of carbonyl (C=O) groups is 2. The van der Waals surface area contributed by atoms with Gasteiger partial charge in [-0.1, -0.05) is 13.8 Å². The molecule has 0 unspecified atom stereocenters. The third-order valence-corrected chi connectivity index (χ3v) is 3.38. The maximum absolute atomic E-state index is 13.6. The van der Waals surface area contributed by atoms with E-state index >= 15 is 0 Å². The second-order valence-corrected chi connectivity index (χ2v) is 6.80. The number of aromatic nitrogens is 1. The lowest BCUT2D eigenvalue weighted by Gasteiger charge is -2.24. The Hall–Kier alpha value is -2.36. The van der Waals surface area contributed by atoms with Crippen molar-refractivity contribution in [3.8, 4) is 5.88 Å². The number of alkyl halides is 3. The van der Waals surface area contributed by atoms with Gasteiger partial charge in [0.25, 0.3) is 5.91 Å². The fraction of sp³-hybridized carbons (Fsp3) is 0.588. The van der Waals surface area contributed by atoms with E-state index in [1.54, 1.807) is 13.8 Å². The van der Waals surface area contributed by atoms with E-state index in [1.807, 2.05) is 0 Å². The number of esters is 1. The van der Waals surface area contributed by atoms with Gasteiger partial charge in [0.05, 0.1) is 19.8 Å². The van der Waals surface area contributed by atoms with Crippen molar-refractivity contribution in [3.05, 3.63) is 22.4 Å². The first-order valence-electron chi connectivity index (χ1n) is 8.04. The number of pyridine rings is 1. The van der Waals surface area contributed by atoms with Crippen molar-refractivity contribution in [2.24, 2.45) is 5.92 Å². The van der Waals surface area contributed by atoms with Crippen molar-refractivity contribution in [2.45, 2.75) is 46.0 Å². The minimum Gasteiger partial charge on any atom is -0.480 e. The minimum atomic E-state index is -5.00. The van der Waals surface area contributed by atoms with Crippen molar-refractivity contribution in [3.63, 3.8) is 0 Å². The standard InChI is InChI=1S/C17H23F3N2O5/c1-8(2)7-9-10(13(23)22-16(3,4)25)12(17(18,19)20)21-14(26-5)11(9)15(24)27-6/h8,25H,7H2,1-6H3,(H,22,23). The van der Waals surface area contributed by atoms with Gasteiger partial charge < -0.3 is 19.9 Å². The molecule has 152 valence electrons. The van der Waals surface area contributed by atoms with Crippen LogP contribution in [0.2, 0.25) is 0 Å². The van der Waals surface area contributed by atoms with E-state index in [4.69, 9.17) is 4.74 Å². The monoisotopic (exact) mass is 392 g/mol. The lowest BCUT2D eigenvalue weighted by atomic mass is 9.91. The van der Waals surface area contributed by atoms with Gasteiger partial charge in [-0.05, 0) is 31.7 Å². The molecule has 1 amide bonds. The molecule has 0 aromatic carbocycles. The summed E-state index contributed by atoms with van der Waals surface area (Å²) < 4.78 is 50.3. The zero-order chi connectivity index (χ0) is 21.2. The molecule has 1 rings (SSSR count). The number of carbonyl (C=O) groups excluding carboxylic acids is 2. The van der Waals surface area contributed by atoms with Gasteiger partial charge in [0, 0.05) is 0 Å². The number of halogens is 3. The number of aliphatic hydroxyl groups is 1. The van der Waals surface area contributed by atoms with E-state index in [2.05, 4.69) is 15.0 Å². The predicted octanol–water partition coefficient (Wildman–Crippen LogP) is 2.55.